The van der Waals surface area contributed by atoms with Gasteiger partial charge in [0.25, 0.3) is 0 Å². The van der Waals surface area contributed by atoms with Gasteiger partial charge in [-0.05, 0) is 48.8 Å². The topological polar surface area (TPSA) is 43.8 Å². The van der Waals surface area contributed by atoms with Crippen molar-refractivity contribution in [2.24, 2.45) is 18.9 Å². The van der Waals surface area contributed by atoms with Crippen LogP contribution in [-0.4, -0.2) is 9.78 Å². The van der Waals surface area contributed by atoms with Crippen LogP contribution in [0, 0.1) is 17.7 Å². The fourth-order valence-corrected chi connectivity index (χ4v) is 3.69. The molecule has 2 N–H and O–H groups in total. The van der Waals surface area contributed by atoms with Crippen LogP contribution in [0.15, 0.2) is 24.3 Å². The van der Waals surface area contributed by atoms with E-state index in [2.05, 4.69) is 5.10 Å². The number of halogens is 1. The molecule has 0 amide bonds. The minimum atomic E-state index is -0.222. The maximum Gasteiger partial charge on any atom is 0.129 e. The molecule has 20 heavy (non-hydrogen) atoms. The molecule has 0 bridgehead atoms. The first-order chi connectivity index (χ1) is 9.63. The van der Waals surface area contributed by atoms with Gasteiger partial charge in [0.05, 0.1) is 5.69 Å². The van der Waals surface area contributed by atoms with Crippen molar-refractivity contribution in [1.82, 2.24) is 9.78 Å². The third kappa shape index (κ3) is 1.74. The number of anilines is 1. The summed E-state index contributed by atoms with van der Waals surface area (Å²) in [5.74, 6) is 2.78. The van der Waals surface area contributed by atoms with Crippen molar-refractivity contribution in [3.05, 3.63) is 35.8 Å². The van der Waals surface area contributed by atoms with E-state index >= 15 is 0 Å². The van der Waals surface area contributed by atoms with Crippen LogP contribution in [0.1, 0.15) is 30.9 Å². The van der Waals surface area contributed by atoms with Gasteiger partial charge >= 0.3 is 0 Å². The molecular weight excluding hydrogens is 253 g/mol. The Balaban J connectivity index is 1.79. The second kappa shape index (κ2) is 4.08. The third-order valence-corrected chi connectivity index (χ3v) is 4.88. The molecular formula is C16H18FN3. The second-order valence-corrected chi connectivity index (χ2v) is 6.20. The number of aryl methyl sites for hydroxylation is 1. The van der Waals surface area contributed by atoms with Crippen LogP contribution in [0.2, 0.25) is 0 Å². The smallest absolute Gasteiger partial charge is 0.129 e. The molecule has 2 aliphatic rings. The molecule has 2 atom stereocenters. The molecule has 0 radical (unpaired) electrons. The highest BCUT2D eigenvalue weighted by atomic mass is 19.1. The van der Waals surface area contributed by atoms with Gasteiger partial charge < -0.3 is 5.73 Å². The van der Waals surface area contributed by atoms with Crippen molar-refractivity contribution in [3.8, 4) is 11.1 Å². The van der Waals surface area contributed by atoms with Crippen molar-refractivity contribution in [1.29, 1.82) is 0 Å². The zero-order valence-electron chi connectivity index (χ0n) is 11.5. The summed E-state index contributed by atoms with van der Waals surface area (Å²) in [7, 11) is 1.88. The number of nitrogens with zero attached hydrogens (tertiary/aromatic N) is 2. The van der Waals surface area contributed by atoms with E-state index in [1.807, 2.05) is 7.05 Å². The molecule has 1 aromatic carbocycles. The van der Waals surface area contributed by atoms with E-state index in [0.717, 1.165) is 28.7 Å². The molecule has 104 valence electrons. The molecule has 2 aliphatic carbocycles. The van der Waals surface area contributed by atoms with Crippen LogP contribution in [0.4, 0.5) is 10.2 Å². The zero-order valence-corrected chi connectivity index (χ0v) is 11.5. The average Bonchev–Trinajstić information content (AvgIpc) is 2.93. The molecule has 2 fully saturated rings. The van der Waals surface area contributed by atoms with E-state index < -0.39 is 0 Å². The Kier molecular flexibility index (Phi) is 2.43. The molecule has 1 heterocycles. The lowest BCUT2D eigenvalue weighted by molar-refractivity contribution is 0.594. The number of fused-ring (bicyclic) bond motifs is 1. The first-order valence-corrected chi connectivity index (χ1v) is 7.21. The number of aromatic nitrogens is 2. The molecule has 0 aliphatic heterocycles. The molecule has 4 heteroatoms. The second-order valence-electron chi connectivity index (χ2n) is 6.20. The summed E-state index contributed by atoms with van der Waals surface area (Å²) in [6.07, 6.45) is 3.86. The van der Waals surface area contributed by atoms with E-state index in [1.165, 1.54) is 31.4 Å². The Morgan fingerprint density at radius 1 is 1.15 bits per heavy atom. The van der Waals surface area contributed by atoms with Gasteiger partial charge in [0, 0.05) is 18.5 Å². The van der Waals surface area contributed by atoms with E-state index in [9.17, 15) is 4.39 Å². The van der Waals surface area contributed by atoms with Gasteiger partial charge in [0.2, 0.25) is 0 Å². The third-order valence-electron chi connectivity index (χ3n) is 4.88. The van der Waals surface area contributed by atoms with Crippen LogP contribution in [0.5, 0.6) is 0 Å². The molecule has 2 unspecified atom stereocenters. The van der Waals surface area contributed by atoms with Gasteiger partial charge in [-0.15, -0.1) is 0 Å². The summed E-state index contributed by atoms with van der Waals surface area (Å²) in [5, 5.41) is 4.64. The standard InChI is InChI=1S/C16H18FN3/c1-20-16(18)14(9-2-4-13(17)5-3-9)15(19-20)12-7-10-6-11(10)8-12/h2-5,10-12H,6-8,18H2,1H3. The Morgan fingerprint density at radius 2 is 1.80 bits per heavy atom. The molecule has 0 saturated heterocycles. The summed E-state index contributed by atoms with van der Waals surface area (Å²) >= 11 is 0. The summed E-state index contributed by atoms with van der Waals surface area (Å²) in [5.41, 5.74) is 9.26. The number of nitrogen functional groups attached to an aromatic ring is 1. The van der Waals surface area contributed by atoms with E-state index in [4.69, 9.17) is 5.73 Å². The fourth-order valence-electron chi connectivity index (χ4n) is 3.69. The first kappa shape index (κ1) is 11.9. The predicted octanol–water partition coefficient (Wildman–Crippen LogP) is 3.32. The van der Waals surface area contributed by atoms with E-state index in [0.29, 0.717) is 11.7 Å². The number of nitrogens with two attached hydrogens (primary N) is 1. The lowest BCUT2D eigenvalue weighted by atomic mass is 9.93. The maximum absolute atomic E-state index is 13.1. The number of hydrogen-bond acceptors (Lipinski definition) is 2. The SMILES string of the molecule is Cn1nc(C2CC3CC3C2)c(-c2ccc(F)cc2)c1N. The van der Waals surface area contributed by atoms with Gasteiger partial charge in [-0.1, -0.05) is 12.1 Å². The highest BCUT2D eigenvalue weighted by Crippen LogP contribution is 2.58. The van der Waals surface area contributed by atoms with Crippen molar-refractivity contribution in [2.75, 3.05) is 5.73 Å². The summed E-state index contributed by atoms with van der Waals surface area (Å²) in [6, 6.07) is 6.55. The quantitative estimate of drug-likeness (QED) is 0.910. The van der Waals surface area contributed by atoms with Crippen molar-refractivity contribution in [2.45, 2.75) is 25.2 Å². The molecule has 1 aromatic heterocycles. The van der Waals surface area contributed by atoms with Crippen LogP contribution in [0.25, 0.3) is 11.1 Å². The summed E-state index contributed by atoms with van der Waals surface area (Å²) in [4.78, 5) is 0. The Morgan fingerprint density at radius 3 is 2.45 bits per heavy atom. The molecule has 2 aromatic rings. The highest BCUT2D eigenvalue weighted by molar-refractivity contribution is 5.77. The average molecular weight is 271 g/mol. The number of hydrogen-bond donors (Lipinski definition) is 1. The molecule has 4 rings (SSSR count). The lowest BCUT2D eigenvalue weighted by Gasteiger charge is -2.11. The summed E-state index contributed by atoms with van der Waals surface area (Å²) < 4.78 is 14.9. The molecule has 3 nitrogen and oxygen atoms in total. The predicted molar refractivity (Wildman–Crippen MR) is 76.6 cm³/mol. The Labute approximate surface area is 117 Å². The van der Waals surface area contributed by atoms with Gasteiger partial charge in [0.15, 0.2) is 0 Å². The van der Waals surface area contributed by atoms with Gasteiger partial charge in [0.1, 0.15) is 11.6 Å². The number of rotatable bonds is 2. The van der Waals surface area contributed by atoms with Crippen molar-refractivity contribution >= 4 is 5.82 Å². The van der Waals surface area contributed by atoms with E-state index in [1.54, 1.807) is 16.8 Å². The minimum Gasteiger partial charge on any atom is -0.383 e. The van der Waals surface area contributed by atoms with Crippen LogP contribution >= 0.6 is 0 Å². The Bertz CT molecular complexity index is 649. The monoisotopic (exact) mass is 271 g/mol. The van der Waals surface area contributed by atoms with Crippen molar-refractivity contribution < 1.29 is 4.39 Å². The first-order valence-electron chi connectivity index (χ1n) is 7.21. The lowest BCUT2D eigenvalue weighted by Crippen LogP contribution is -2.00. The zero-order chi connectivity index (χ0) is 13.9. The highest BCUT2D eigenvalue weighted by Gasteiger charge is 2.47. The minimum absolute atomic E-state index is 0.222. The van der Waals surface area contributed by atoms with Gasteiger partial charge in [-0.25, -0.2) is 4.39 Å². The summed E-state index contributed by atoms with van der Waals surface area (Å²) in [6.45, 7) is 0. The van der Waals surface area contributed by atoms with Gasteiger partial charge in [-0.2, -0.15) is 5.10 Å². The normalized spacial score (nSPS) is 27.6. The largest absolute Gasteiger partial charge is 0.383 e. The fraction of sp³-hybridized carbons (Fsp3) is 0.438. The van der Waals surface area contributed by atoms with Gasteiger partial charge in [-0.3, -0.25) is 4.68 Å². The van der Waals surface area contributed by atoms with E-state index in [-0.39, 0.29) is 5.82 Å². The Hall–Kier alpha value is -1.84. The van der Waals surface area contributed by atoms with Crippen LogP contribution < -0.4 is 5.73 Å². The van der Waals surface area contributed by atoms with Crippen LogP contribution in [-0.2, 0) is 7.05 Å². The van der Waals surface area contributed by atoms with Crippen LogP contribution in [0.3, 0.4) is 0 Å². The molecule has 2 saturated carbocycles. The molecule has 0 spiro atoms. The number of benzene rings is 1. The van der Waals surface area contributed by atoms with Crippen molar-refractivity contribution in [3.63, 3.8) is 0 Å². The maximum atomic E-state index is 13.1.